The topological polar surface area (TPSA) is 23.6 Å². The van der Waals surface area contributed by atoms with E-state index in [0.29, 0.717) is 0 Å². The molecule has 0 aromatic heterocycles. The molecular formula is C18H20N2O. The van der Waals surface area contributed by atoms with E-state index in [1.54, 1.807) is 0 Å². The molecule has 0 N–H and O–H groups in total. The fraction of sp³-hybridized carbons (Fsp3) is 0.278. The van der Waals surface area contributed by atoms with E-state index in [0.717, 1.165) is 23.4 Å². The number of amides is 1. The van der Waals surface area contributed by atoms with Gasteiger partial charge in [-0.25, -0.2) is 0 Å². The number of nitrogens with zero attached hydrogens (tertiary/aromatic N) is 2. The Morgan fingerprint density at radius 1 is 1.14 bits per heavy atom. The van der Waals surface area contributed by atoms with Crippen molar-refractivity contribution in [1.29, 1.82) is 0 Å². The van der Waals surface area contributed by atoms with Crippen LogP contribution in [0.25, 0.3) is 0 Å². The van der Waals surface area contributed by atoms with Crippen molar-refractivity contribution in [2.75, 3.05) is 23.9 Å². The molecule has 0 spiro atoms. The lowest BCUT2D eigenvalue weighted by Crippen LogP contribution is -2.35. The quantitative estimate of drug-likeness (QED) is 0.842. The van der Waals surface area contributed by atoms with Crippen molar-refractivity contribution in [3.8, 4) is 0 Å². The van der Waals surface area contributed by atoms with Gasteiger partial charge >= 0.3 is 0 Å². The summed E-state index contributed by atoms with van der Waals surface area (Å²) >= 11 is 0. The van der Waals surface area contributed by atoms with Crippen LogP contribution in [0.3, 0.4) is 0 Å². The first-order chi connectivity index (χ1) is 10.1. The van der Waals surface area contributed by atoms with Gasteiger partial charge in [0.2, 0.25) is 0 Å². The Balaban J connectivity index is 1.97. The molecule has 21 heavy (non-hydrogen) atoms. The molecule has 3 heteroatoms. The molecule has 1 aliphatic heterocycles. The number of benzene rings is 2. The summed E-state index contributed by atoms with van der Waals surface area (Å²) in [5.41, 5.74) is 4.08. The van der Waals surface area contributed by atoms with Crippen LogP contribution in [-0.4, -0.2) is 26.0 Å². The van der Waals surface area contributed by atoms with Crippen molar-refractivity contribution in [2.24, 2.45) is 0 Å². The molecule has 3 rings (SSSR count). The third kappa shape index (κ3) is 2.40. The number of rotatable bonds is 2. The Morgan fingerprint density at radius 2 is 1.90 bits per heavy atom. The standard InChI is InChI=1S/C18H20N2O/c1-13-11-14-7-4-5-10-17(14)20(13)18(21)15-8-6-9-16(12-15)19(2)3/h4-10,12-13H,11H2,1-3H3. The molecule has 0 saturated carbocycles. The zero-order valence-corrected chi connectivity index (χ0v) is 12.7. The monoisotopic (exact) mass is 280 g/mol. The highest BCUT2D eigenvalue weighted by Gasteiger charge is 2.31. The first kappa shape index (κ1) is 13.7. The van der Waals surface area contributed by atoms with Gasteiger partial charge in [0.05, 0.1) is 0 Å². The summed E-state index contributed by atoms with van der Waals surface area (Å²) in [5.74, 6) is 0.0798. The molecule has 1 aliphatic rings. The Labute approximate surface area is 125 Å². The predicted molar refractivity (Wildman–Crippen MR) is 87.2 cm³/mol. The molecule has 108 valence electrons. The number of para-hydroxylation sites is 1. The zero-order chi connectivity index (χ0) is 15.0. The van der Waals surface area contributed by atoms with Crippen LogP contribution in [-0.2, 0) is 6.42 Å². The van der Waals surface area contributed by atoms with E-state index >= 15 is 0 Å². The van der Waals surface area contributed by atoms with Crippen LogP contribution in [0.1, 0.15) is 22.8 Å². The van der Waals surface area contributed by atoms with Crippen LogP contribution in [0.15, 0.2) is 48.5 Å². The van der Waals surface area contributed by atoms with Crippen molar-refractivity contribution >= 4 is 17.3 Å². The average molecular weight is 280 g/mol. The number of hydrogen-bond donors (Lipinski definition) is 0. The molecule has 0 saturated heterocycles. The highest BCUT2D eigenvalue weighted by Crippen LogP contribution is 2.33. The molecular weight excluding hydrogens is 260 g/mol. The van der Waals surface area contributed by atoms with E-state index in [1.807, 2.05) is 66.4 Å². The van der Waals surface area contributed by atoms with Gasteiger partial charge in [-0.1, -0.05) is 24.3 Å². The average Bonchev–Trinajstić information content (AvgIpc) is 2.82. The highest BCUT2D eigenvalue weighted by atomic mass is 16.2. The van der Waals surface area contributed by atoms with E-state index < -0.39 is 0 Å². The minimum atomic E-state index is 0.0798. The Morgan fingerprint density at radius 3 is 2.67 bits per heavy atom. The molecule has 3 nitrogen and oxygen atoms in total. The van der Waals surface area contributed by atoms with Gasteiger partial charge in [0.25, 0.3) is 5.91 Å². The highest BCUT2D eigenvalue weighted by molar-refractivity contribution is 6.08. The van der Waals surface area contributed by atoms with Crippen LogP contribution in [0, 0.1) is 0 Å². The SMILES string of the molecule is CC1Cc2ccccc2N1C(=O)c1cccc(N(C)C)c1. The van der Waals surface area contributed by atoms with Gasteiger partial charge in [-0.2, -0.15) is 0 Å². The third-order valence-corrected chi connectivity index (χ3v) is 4.04. The first-order valence-electron chi connectivity index (χ1n) is 7.27. The van der Waals surface area contributed by atoms with E-state index in [2.05, 4.69) is 13.0 Å². The Bertz CT molecular complexity index is 678. The zero-order valence-electron chi connectivity index (χ0n) is 12.7. The van der Waals surface area contributed by atoms with Crippen LogP contribution in [0.2, 0.25) is 0 Å². The van der Waals surface area contributed by atoms with Crippen molar-refractivity contribution in [1.82, 2.24) is 0 Å². The van der Waals surface area contributed by atoms with Gasteiger partial charge in [0.1, 0.15) is 0 Å². The second kappa shape index (κ2) is 5.24. The number of hydrogen-bond acceptors (Lipinski definition) is 2. The maximum atomic E-state index is 12.9. The van der Waals surface area contributed by atoms with Gasteiger partial charge in [0, 0.05) is 37.1 Å². The van der Waals surface area contributed by atoms with Gasteiger partial charge in [0.15, 0.2) is 0 Å². The molecule has 1 amide bonds. The van der Waals surface area contributed by atoms with Crippen molar-refractivity contribution in [2.45, 2.75) is 19.4 Å². The second-order valence-electron chi connectivity index (χ2n) is 5.80. The van der Waals surface area contributed by atoms with E-state index in [1.165, 1.54) is 5.56 Å². The summed E-state index contributed by atoms with van der Waals surface area (Å²) < 4.78 is 0. The minimum Gasteiger partial charge on any atom is -0.378 e. The van der Waals surface area contributed by atoms with Crippen LogP contribution >= 0.6 is 0 Å². The maximum absolute atomic E-state index is 12.9. The number of fused-ring (bicyclic) bond motifs is 1. The van der Waals surface area contributed by atoms with E-state index in [4.69, 9.17) is 0 Å². The number of anilines is 2. The number of carbonyl (C=O) groups is 1. The van der Waals surface area contributed by atoms with Crippen molar-refractivity contribution in [3.63, 3.8) is 0 Å². The maximum Gasteiger partial charge on any atom is 0.258 e. The van der Waals surface area contributed by atoms with E-state index in [-0.39, 0.29) is 11.9 Å². The lowest BCUT2D eigenvalue weighted by molar-refractivity contribution is 0.0981. The normalized spacial score (nSPS) is 16.7. The van der Waals surface area contributed by atoms with Crippen LogP contribution < -0.4 is 9.80 Å². The molecule has 1 unspecified atom stereocenters. The fourth-order valence-corrected chi connectivity index (χ4v) is 2.93. The molecule has 0 fully saturated rings. The molecule has 0 aliphatic carbocycles. The smallest absolute Gasteiger partial charge is 0.258 e. The van der Waals surface area contributed by atoms with Gasteiger partial charge in [-0.3, -0.25) is 4.79 Å². The second-order valence-corrected chi connectivity index (χ2v) is 5.80. The predicted octanol–water partition coefficient (Wildman–Crippen LogP) is 3.34. The van der Waals surface area contributed by atoms with Gasteiger partial charge in [-0.05, 0) is 43.2 Å². The summed E-state index contributed by atoms with van der Waals surface area (Å²) in [6, 6.07) is 16.2. The minimum absolute atomic E-state index is 0.0798. The van der Waals surface area contributed by atoms with Crippen molar-refractivity contribution in [3.05, 3.63) is 59.7 Å². The first-order valence-corrected chi connectivity index (χ1v) is 7.27. The lowest BCUT2D eigenvalue weighted by atomic mass is 10.1. The molecule has 1 atom stereocenters. The summed E-state index contributed by atoms with van der Waals surface area (Å²) in [4.78, 5) is 16.8. The summed E-state index contributed by atoms with van der Waals surface area (Å²) in [6.07, 6.45) is 0.926. The van der Waals surface area contributed by atoms with Crippen LogP contribution in [0.5, 0.6) is 0 Å². The largest absolute Gasteiger partial charge is 0.378 e. The van der Waals surface area contributed by atoms with Gasteiger partial charge in [-0.15, -0.1) is 0 Å². The van der Waals surface area contributed by atoms with Crippen molar-refractivity contribution < 1.29 is 4.79 Å². The molecule has 1 heterocycles. The number of carbonyl (C=O) groups excluding carboxylic acids is 1. The van der Waals surface area contributed by atoms with Crippen LogP contribution in [0.4, 0.5) is 11.4 Å². The van der Waals surface area contributed by atoms with E-state index in [9.17, 15) is 4.79 Å². The molecule has 0 radical (unpaired) electrons. The Kier molecular flexibility index (Phi) is 3.42. The summed E-state index contributed by atoms with van der Waals surface area (Å²) in [5, 5.41) is 0. The summed E-state index contributed by atoms with van der Waals surface area (Å²) in [7, 11) is 3.97. The lowest BCUT2D eigenvalue weighted by Gasteiger charge is -2.23. The fourth-order valence-electron chi connectivity index (χ4n) is 2.93. The Hall–Kier alpha value is -2.29. The molecule has 2 aromatic carbocycles. The van der Waals surface area contributed by atoms with Gasteiger partial charge < -0.3 is 9.80 Å². The summed E-state index contributed by atoms with van der Waals surface area (Å²) in [6.45, 7) is 2.10. The molecule has 2 aromatic rings. The molecule has 0 bridgehead atoms. The third-order valence-electron chi connectivity index (χ3n) is 4.04.